The molecule has 26 heavy (non-hydrogen) atoms. The molecule has 2 heterocycles. The van der Waals surface area contributed by atoms with Crippen molar-refractivity contribution in [1.29, 1.82) is 0 Å². The lowest BCUT2D eigenvalue weighted by atomic mass is 9.94. The monoisotopic (exact) mass is 347 g/mol. The number of nitrogens with zero attached hydrogens (tertiary/aromatic N) is 2. The van der Waals surface area contributed by atoms with Crippen LogP contribution >= 0.6 is 0 Å². The zero-order valence-corrected chi connectivity index (χ0v) is 14.6. The average molecular weight is 347 g/mol. The van der Waals surface area contributed by atoms with Crippen LogP contribution in [-0.2, 0) is 6.42 Å². The van der Waals surface area contributed by atoms with Crippen LogP contribution in [0, 0.1) is 6.92 Å². The van der Waals surface area contributed by atoms with Crippen molar-refractivity contribution in [3.63, 3.8) is 0 Å². The maximum absolute atomic E-state index is 12.6. The number of aromatic nitrogens is 3. The zero-order chi connectivity index (χ0) is 17.9. The van der Waals surface area contributed by atoms with Gasteiger partial charge in [0.05, 0.1) is 0 Å². The fraction of sp³-hybridized carbons (Fsp3) is 0.250. The largest absolute Gasteiger partial charge is 0.350 e. The number of nitrogens with one attached hydrogen (secondary N) is 3. The molecule has 0 bridgehead atoms. The number of rotatable bonds is 4. The molecule has 1 aliphatic rings. The van der Waals surface area contributed by atoms with Crippen molar-refractivity contribution in [3.8, 4) is 11.4 Å². The van der Waals surface area contributed by atoms with Crippen LogP contribution < -0.4 is 10.6 Å². The van der Waals surface area contributed by atoms with Gasteiger partial charge in [-0.2, -0.15) is 5.10 Å². The van der Waals surface area contributed by atoms with E-state index < -0.39 is 0 Å². The van der Waals surface area contributed by atoms with Crippen molar-refractivity contribution in [2.24, 2.45) is 0 Å². The van der Waals surface area contributed by atoms with Crippen LogP contribution in [0.5, 0.6) is 0 Å². The summed E-state index contributed by atoms with van der Waals surface area (Å²) in [5.74, 6) is 1.25. The van der Waals surface area contributed by atoms with Crippen molar-refractivity contribution in [2.75, 3.05) is 13.1 Å². The van der Waals surface area contributed by atoms with E-state index in [1.54, 1.807) is 6.07 Å². The molecule has 6 nitrogen and oxygen atoms in total. The highest BCUT2D eigenvalue weighted by atomic mass is 16.1. The van der Waals surface area contributed by atoms with Gasteiger partial charge in [0.2, 0.25) is 0 Å². The smallest absolute Gasteiger partial charge is 0.251 e. The van der Waals surface area contributed by atoms with Crippen LogP contribution in [0.15, 0.2) is 48.5 Å². The molecule has 132 valence electrons. The lowest BCUT2D eigenvalue weighted by Crippen LogP contribution is -2.38. The summed E-state index contributed by atoms with van der Waals surface area (Å²) in [6, 6.07) is 15.9. The summed E-state index contributed by atoms with van der Waals surface area (Å²) in [7, 11) is 0. The van der Waals surface area contributed by atoms with Gasteiger partial charge in [-0.05, 0) is 43.1 Å². The fourth-order valence-corrected chi connectivity index (χ4v) is 3.34. The van der Waals surface area contributed by atoms with Gasteiger partial charge >= 0.3 is 0 Å². The molecule has 1 aliphatic heterocycles. The summed E-state index contributed by atoms with van der Waals surface area (Å²) in [4.78, 5) is 16.9. The number of carbonyl (C=O) groups is 1. The van der Waals surface area contributed by atoms with E-state index in [-0.39, 0.29) is 11.9 Å². The van der Waals surface area contributed by atoms with Crippen molar-refractivity contribution in [1.82, 2.24) is 25.8 Å². The van der Waals surface area contributed by atoms with Gasteiger partial charge in [0.1, 0.15) is 5.82 Å². The summed E-state index contributed by atoms with van der Waals surface area (Å²) in [5.41, 5.74) is 4.05. The molecule has 0 aliphatic carbocycles. The molecule has 0 fully saturated rings. The Morgan fingerprint density at radius 2 is 2.12 bits per heavy atom. The van der Waals surface area contributed by atoms with E-state index >= 15 is 0 Å². The Morgan fingerprint density at radius 1 is 1.23 bits per heavy atom. The number of benzene rings is 2. The average Bonchev–Trinajstić information content (AvgIpc) is 3.12. The summed E-state index contributed by atoms with van der Waals surface area (Å²) in [6.07, 6.45) is 1.03. The molecule has 1 amide bonds. The van der Waals surface area contributed by atoms with E-state index in [1.165, 1.54) is 11.1 Å². The van der Waals surface area contributed by atoms with Crippen LogP contribution in [0.4, 0.5) is 0 Å². The SMILES string of the molecule is Cc1nc(-c2cccc(C(=O)NCC3NCCc4ccccc43)c2)n[nH]1. The predicted octanol–water partition coefficient (Wildman–Crippen LogP) is 2.40. The minimum atomic E-state index is -0.0936. The topological polar surface area (TPSA) is 82.7 Å². The van der Waals surface area contributed by atoms with Crippen LogP contribution in [-0.4, -0.2) is 34.2 Å². The maximum atomic E-state index is 12.6. The fourth-order valence-electron chi connectivity index (χ4n) is 3.34. The van der Waals surface area contributed by atoms with Gasteiger partial charge in [-0.15, -0.1) is 0 Å². The standard InChI is InChI=1S/C20H21N5O/c1-13-23-19(25-24-13)15-6-4-7-16(11-15)20(26)22-12-18-17-8-3-2-5-14(17)9-10-21-18/h2-8,11,18,21H,9-10,12H2,1H3,(H,22,26)(H,23,24,25). The summed E-state index contributed by atoms with van der Waals surface area (Å²) in [5, 5.41) is 13.5. The maximum Gasteiger partial charge on any atom is 0.251 e. The lowest BCUT2D eigenvalue weighted by Gasteiger charge is -2.27. The summed E-state index contributed by atoms with van der Waals surface area (Å²) < 4.78 is 0. The van der Waals surface area contributed by atoms with Gasteiger partial charge in [0, 0.05) is 23.7 Å². The van der Waals surface area contributed by atoms with Crippen molar-refractivity contribution < 1.29 is 4.79 Å². The van der Waals surface area contributed by atoms with Gasteiger partial charge in [0.25, 0.3) is 5.91 Å². The first kappa shape index (κ1) is 16.5. The normalized spacial score (nSPS) is 16.1. The molecule has 1 atom stereocenters. The minimum absolute atomic E-state index is 0.0936. The second-order valence-corrected chi connectivity index (χ2v) is 6.49. The number of aryl methyl sites for hydroxylation is 1. The van der Waals surface area contributed by atoms with Gasteiger partial charge < -0.3 is 10.6 Å². The Morgan fingerprint density at radius 3 is 2.96 bits per heavy atom. The van der Waals surface area contributed by atoms with Crippen LogP contribution in [0.2, 0.25) is 0 Å². The van der Waals surface area contributed by atoms with Crippen molar-refractivity contribution >= 4 is 5.91 Å². The molecule has 1 aromatic heterocycles. The first-order valence-electron chi connectivity index (χ1n) is 8.79. The van der Waals surface area contributed by atoms with E-state index in [2.05, 4.69) is 44.0 Å². The predicted molar refractivity (Wildman–Crippen MR) is 99.8 cm³/mol. The van der Waals surface area contributed by atoms with Crippen LogP contribution in [0.1, 0.15) is 33.4 Å². The third-order valence-electron chi connectivity index (χ3n) is 4.66. The number of carbonyl (C=O) groups excluding carboxylic acids is 1. The Balaban J connectivity index is 1.46. The molecule has 1 unspecified atom stereocenters. The first-order valence-corrected chi connectivity index (χ1v) is 8.79. The highest BCUT2D eigenvalue weighted by Gasteiger charge is 2.20. The zero-order valence-electron chi connectivity index (χ0n) is 14.6. The van der Waals surface area contributed by atoms with Crippen LogP contribution in [0.3, 0.4) is 0 Å². The molecular formula is C20H21N5O. The Labute approximate surface area is 152 Å². The summed E-state index contributed by atoms with van der Waals surface area (Å²) in [6.45, 7) is 3.33. The lowest BCUT2D eigenvalue weighted by molar-refractivity contribution is 0.0949. The molecule has 0 saturated heterocycles. The van der Waals surface area contributed by atoms with Gasteiger partial charge in [-0.1, -0.05) is 36.4 Å². The minimum Gasteiger partial charge on any atom is -0.350 e. The van der Waals surface area contributed by atoms with E-state index in [4.69, 9.17) is 0 Å². The van der Waals surface area contributed by atoms with E-state index in [0.29, 0.717) is 17.9 Å². The number of hydrogen-bond acceptors (Lipinski definition) is 4. The summed E-state index contributed by atoms with van der Waals surface area (Å²) >= 11 is 0. The van der Waals surface area contributed by atoms with Gasteiger partial charge in [0.15, 0.2) is 5.82 Å². The molecule has 3 aromatic rings. The molecular weight excluding hydrogens is 326 g/mol. The van der Waals surface area contributed by atoms with Gasteiger partial charge in [-0.25, -0.2) is 4.98 Å². The van der Waals surface area contributed by atoms with Crippen LogP contribution in [0.25, 0.3) is 11.4 Å². The Bertz CT molecular complexity index is 933. The molecule has 0 radical (unpaired) electrons. The van der Waals surface area contributed by atoms with Crippen molar-refractivity contribution in [2.45, 2.75) is 19.4 Å². The third-order valence-corrected chi connectivity index (χ3v) is 4.66. The number of fused-ring (bicyclic) bond motifs is 1. The molecule has 3 N–H and O–H groups in total. The second kappa shape index (κ2) is 7.09. The number of amides is 1. The Hall–Kier alpha value is -2.99. The molecule has 0 spiro atoms. The van der Waals surface area contributed by atoms with E-state index in [1.807, 2.05) is 31.2 Å². The highest BCUT2D eigenvalue weighted by Crippen LogP contribution is 2.22. The molecule has 2 aromatic carbocycles. The molecule has 0 saturated carbocycles. The molecule has 6 heteroatoms. The quantitative estimate of drug-likeness (QED) is 0.677. The highest BCUT2D eigenvalue weighted by molar-refractivity contribution is 5.95. The number of aromatic amines is 1. The number of hydrogen-bond donors (Lipinski definition) is 3. The van der Waals surface area contributed by atoms with E-state index in [9.17, 15) is 4.79 Å². The van der Waals surface area contributed by atoms with E-state index in [0.717, 1.165) is 24.4 Å². The first-order chi connectivity index (χ1) is 12.7. The third kappa shape index (κ3) is 3.36. The number of H-pyrrole nitrogens is 1. The molecule has 4 rings (SSSR count). The van der Waals surface area contributed by atoms with Crippen molar-refractivity contribution in [3.05, 3.63) is 71.0 Å². The van der Waals surface area contributed by atoms with Gasteiger partial charge in [-0.3, -0.25) is 9.89 Å². The Kier molecular flexibility index (Phi) is 4.50. The second-order valence-electron chi connectivity index (χ2n) is 6.49.